The lowest BCUT2D eigenvalue weighted by atomic mass is 10.0. The van der Waals surface area contributed by atoms with Crippen molar-refractivity contribution in [1.82, 2.24) is 19.7 Å². The minimum absolute atomic E-state index is 0.0355. The number of pyridine rings is 1. The van der Waals surface area contributed by atoms with Gasteiger partial charge in [-0.15, -0.1) is 0 Å². The van der Waals surface area contributed by atoms with Gasteiger partial charge >= 0.3 is 0 Å². The number of aromatic nitrogens is 3. The zero-order chi connectivity index (χ0) is 26.4. The van der Waals surface area contributed by atoms with E-state index in [1.165, 1.54) is 0 Å². The standard InChI is InChI=1S/C28H28ClN5O3S/c1-19-26-22(28(35)33-14-12-32(13-15-33)25-10-6-5-9-23(25)29)17-24(20-7-3-2-4-8-20)30-27(26)34(31-19)21-11-16-38(36,37)18-21/h2-10,17,21H,11-16,18H2,1H3. The third-order valence-electron chi connectivity index (χ3n) is 7.45. The predicted molar refractivity (Wildman–Crippen MR) is 150 cm³/mol. The Labute approximate surface area is 226 Å². The highest BCUT2D eigenvalue weighted by Gasteiger charge is 2.33. The Kier molecular flexibility index (Phi) is 6.36. The summed E-state index contributed by atoms with van der Waals surface area (Å²) in [6.45, 7) is 4.32. The molecule has 0 bridgehead atoms. The van der Waals surface area contributed by atoms with E-state index < -0.39 is 9.84 Å². The van der Waals surface area contributed by atoms with Crippen LogP contribution in [0.3, 0.4) is 0 Å². The van der Waals surface area contributed by atoms with E-state index in [1.807, 2.05) is 72.5 Å². The van der Waals surface area contributed by atoms with Crippen LogP contribution in [0.25, 0.3) is 22.3 Å². The molecule has 10 heteroatoms. The van der Waals surface area contributed by atoms with Crippen LogP contribution in [0.4, 0.5) is 5.69 Å². The minimum Gasteiger partial charge on any atom is -0.367 e. The Morgan fingerprint density at radius 2 is 1.71 bits per heavy atom. The Morgan fingerprint density at radius 3 is 2.39 bits per heavy atom. The van der Waals surface area contributed by atoms with Gasteiger partial charge in [-0.3, -0.25) is 4.79 Å². The van der Waals surface area contributed by atoms with Gasteiger partial charge in [-0.2, -0.15) is 5.10 Å². The Balaban J connectivity index is 1.38. The first-order valence-electron chi connectivity index (χ1n) is 12.8. The molecular formula is C28H28ClN5O3S. The van der Waals surface area contributed by atoms with E-state index in [-0.39, 0.29) is 23.5 Å². The smallest absolute Gasteiger partial charge is 0.254 e. The number of para-hydroxylation sites is 1. The highest BCUT2D eigenvalue weighted by Crippen LogP contribution is 2.33. The lowest BCUT2D eigenvalue weighted by molar-refractivity contribution is 0.0748. The van der Waals surface area contributed by atoms with Crippen LogP contribution in [-0.4, -0.2) is 71.7 Å². The predicted octanol–water partition coefficient (Wildman–Crippen LogP) is 4.38. The average molecular weight is 550 g/mol. The summed E-state index contributed by atoms with van der Waals surface area (Å²) in [5.41, 5.74) is 4.31. The van der Waals surface area contributed by atoms with Crippen LogP contribution < -0.4 is 4.90 Å². The lowest BCUT2D eigenvalue weighted by Crippen LogP contribution is -2.49. The van der Waals surface area contributed by atoms with Crippen molar-refractivity contribution in [3.8, 4) is 11.3 Å². The van der Waals surface area contributed by atoms with E-state index in [4.69, 9.17) is 21.7 Å². The van der Waals surface area contributed by atoms with Crippen LogP contribution in [0.2, 0.25) is 5.02 Å². The van der Waals surface area contributed by atoms with Gasteiger partial charge in [0.25, 0.3) is 5.91 Å². The average Bonchev–Trinajstić information content (AvgIpc) is 3.47. The third-order valence-corrected chi connectivity index (χ3v) is 9.52. The number of rotatable bonds is 4. The molecule has 2 fully saturated rings. The van der Waals surface area contributed by atoms with Crippen molar-refractivity contribution in [3.05, 3.63) is 76.9 Å². The number of hydrogen-bond donors (Lipinski definition) is 0. The molecule has 2 saturated heterocycles. The van der Waals surface area contributed by atoms with Gasteiger partial charge in [0.2, 0.25) is 0 Å². The Bertz CT molecular complexity index is 1630. The van der Waals surface area contributed by atoms with Gasteiger partial charge < -0.3 is 9.80 Å². The molecule has 8 nitrogen and oxygen atoms in total. The van der Waals surface area contributed by atoms with Crippen LogP contribution >= 0.6 is 11.6 Å². The van der Waals surface area contributed by atoms with Gasteiger partial charge in [-0.05, 0) is 31.5 Å². The zero-order valence-electron chi connectivity index (χ0n) is 21.0. The first-order chi connectivity index (χ1) is 18.3. The molecule has 2 aliphatic heterocycles. The molecule has 2 aromatic carbocycles. The summed E-state index contributed by atoms with van der Waals surface area (Å²) < 4.78 is 26.2. The van der Waals surface area contributed by atoms with Crippen LogP contribution in [-0.2, 0) is 9.84 Å². The fraction of sp³-hybridized carbons (Fsp3) is 0.321. The van der Waals surface area contributed by atoms with Gasteiger partial charge in [-0.1, -0.05) is 54.1 Å². The van der Waals surface area contributed by atoms with Gasteiger partial charge in [-0.25, -0.2) is 18.1 Å². The molecule has 0 radical (unpaired) electrons. The van der Waals surface area contributed by atoms with Gasteiger partial charge in [0.1, 0.15) is 0 Å². The monoisotopic (exact) mass is 549 g/mol. The van der Waals surface area contributed by atoms with Crippen LogP contribution in [0, 0.1) is 6.92 Å². The Hall–Kier alpha value is -3.43. The van der Waals surface area contributed by atoms with Crippen LogP contribution in [0.5, 0.6) is 0 Å². The highest BCUT2D eigenvalue weighted by atomic mass is 35.5. The number of carbonyl (C=O) groups is 1. The van der Waals surface area contributed by atoms with E-state index in [9.17, 15) is 13.2 Å². The number of nitrogens with zero attached hydrogens (tertiary/aromatic N) is 5. The maximum Gasteiger partial charge on any atom is 0.254 e. The van der Waals surface area contributed by atoms with Crippen molar-refractivity contribution in [2.45, 2.75) is 19.4 Å². The van der Waals surface area contributed by atoms with E-state index in [2.05, 4.69) is 4.90 Å². The Morgan fingerprint density at radius 1 is 1.00 bits per heavy atom. The van der Waals surface area contributed by atoms with E-state index in [0.29, 0.717) is 65.6 Å². The van der Waals surface area contributed by atoms with E-state index in [1.54, 1.807) is 4.68 Å². The molecular weight excluding hydrogens is 522 g/mol. The van der Waals surface area contributed by atoms with Crippen LogP contribution in [0.1, 0.15) is 28.5 Å². The number of fused-ring (bicyclic) bond motifs is 1. The molecule has 0 spiro atoms. The highest BCUT2D eigenvalue weighted by molar-refractivity contribution is 7.91. The molecule has 0 aliphatic carbocycles. The molecule has 0 saturated carbocycles. The number of benzene rings is 2. The number of carbonyl (C=O) groups excluding carboxylic acids is 1. The second kappa shape index (κ2) is 9.71. The summed E-state index contributed by atoms with van der Waals surface area (Å²) in [6.07, 6.45) is 0.489. The SMILES string of the molecule is Cc1nn(C2CCS(=O)(=O)C2)c2nc(-c3ccccc3)cc(C(=O)N3CCN(c4ccccc4Cl)CC3)c12. The molecule has 4 heterocycles. The van der Waals surface area contributed by atoms with Gasteiger partial charge in [0.15, 0.2) is 15.5 Å². The summed E-state index contributed by atoms with van der Waals surface area (Å²) in [5, 5.41) is 6.11. The normalized spacial score (nSPS) is 19.3. The molecule has 4 aromatic rings. The number of aryl methyl sites for hydroxylation is 1. The fourth-order valence-corrected chi connectivity index (χ4v) is 7.44. The largest absolute Gasteiger partial charge is 0.367 e. The topological polar surface area (TPSA) is 88.4 Å². The zero-order valence-corrected chi connectivity index (χ0v) is 22.6. The maximum absolute atomic E-state index is 14.0. The second-order valence-electron chi connectivity index (χ2n) is 9.94. The fourth-order valence-electron chi connectivity index (χ4n) is 5.49. The van der Waals surface area contributed by atoms with E-state index >= 15 is 0 Å². The van der Waals surface area contributed by atoms with E-state index in [0.717, 1.165) is 11.3 Å². The summed E-state index contributed by atoms with van der Waals surface area (Å²) in [7, 11) is -3.12. The summed E-state index contributed by atoms with van der Waals surface area (Å²) in [5.74, 6) is 0.0983. The number of halogens is 1. The number of amides is 1. The van der Waals surface area contributed by atoms with Crippen molar-refractivity contribution in [2.75, 3.05) is 42.6 Å². The number of hydrogen-bond acceptors (Lipinski definition) is 6. The quantitative estimate of drug-likeness (QED) is 0.375. The number of anilines is 1. The molecule has 1 atom stereocenters. The van der Waals surface area contributed by atoms with Crippen molar-refractivity contribution in [1.29, 1.82) is 0 Å². The maximum atomic E-state index is 14.0. The van der Waals surface area contributed by atoms with Crippen molar-refractivity contribution in [3.63, 3.8) is 0 Å². The van der Waals surface area contributed by atoms with Gasteiger partial charge in [0.05, 0.1) is 50.6 Å². The molecule has 1 unspecified atom stereocenters. The summed E-state index contributed by atoms with van der Waals surface area (Å²) >= 11 is 6.41. The minimum atomic E-state index is -3.12. The molecule has 2 aromatic heterocycles. The first kappa shape index (κ1) is 24.9. The molecule has 196 valence electrons. The first-order valence-corrected chi connectivity index (χ1v) is 14.9. The molecule has 0 N–H and O–H groups in total. The lowest BCUT2D eigenvalue weighted by Gasteiger charge is -2.36. The molecule has 6 rings (SSSR count). The summed E-state index contributed by atoms with van der Waals surface area (Å²) in [6, 6.07) is 19.0. The molecule has 2 aliphatic rings. The second-order valence-corrected chi connectivity index (χ2v) is 12.6. The van der Waals surface area contributed by atoms with Crippen molar-refractivity contribution < 1.29 is 13.2 Å². The summed E-state index contributed by atoms with van der Waals surface area (Å²) in [4.78, 5) is 23.0. The molecule has 38 heavy (non-hydrogen) atoms. The number of piperazine rings is 1. The van der Waals surface area contributed by atoms with Crippen LogP contribution in [0.15, 0.2) is 60.7 Å². The third kappa shape index (κ3) is 4.54. The van der Waals surface area contributed by atoms with Crippen molar-refractivity contribution in [2.24, 2.45) is 0 Å². The number of sulfone groups is 1. The van der Waals surface area contributed by atoms with Gasteiger partial charge in [0, 0.05) is 31.7 Å². The molecule has 1 amide bonds. The van der Waals surface area contributed by atoms with Crippen molar-refractivity contribution >= 4 is 44.1 Å².